The highest BCUT2D eigenvalue weighted by Crippen LogP contribution is 2.49. The fraction of sp³-hybridized carbons (Fsp3) is 0.346. The molecule has 3 aromatic rings. The smallest absolute Gasteiger partial charge is 0.255 e. The van der Waals surface area contributed by atoms with E-state index in [1.807, 2.05) is 33.8 Å². The summed E-state index contributed by atoms with van der Waals surface area (Å²) >= 11 is 3.48. The van der Waals surface area contributed by atoms with Crippen molar-refractivity contribution in [3.8, 4) is 0 Å². The molecule has 0 saturated heterocycles. The molecular weight excluding hydrogens is 480 g/mol. The first kappa shape index (κ1) is 20.7. The molecule has 1 fully saturated rings. The van der Waals surface area contributed by atoms with Gasteiger partial charge in [-0.2, -0.15) is 5.10 Å². The number of carbonyl (C=O) groups excluding carboxylic acids is 2. The normalized spacial score (nSPS) is 23.1. The molecule has 1 N–H and O–H groups in total. The number of nitrogens with zero attached hydrogens (tertiary/aromatic N) is 3. The van der Waals surface area contributed by atoms with E-state index in [-0.39, 0.29) is 29.7 Å². The summed E-state index contributed by atoms with van der Waals surface area (Å²) in [5.41, 5.74) is 5.09. The third kappa shape index (κ3) is 3.78. The van der Waals surface area contributed by atoms with Crippen LogP contribution in [0.4, 0.5) is 0 Å². The van der Waals surface area contributed by atoms with Gasteiger partial charge in [0.25, 0.3) is 5.91 Å². The van der Waals surface area contributed by atoms with Crippen molar-refractivity contribution in [3.63, 3.8) is 0 Å². The summed E-state index contributed by atoms with van der Waals surface area (Å²) in [6.45, 7) is 1.96. The maximum atomic E-state index is 13.4. The molecule has 6 rings (SSSR count). The third-order valence-corrected chi connectivity index (χ3v) is 7.72. The van der Waals surface area contributed by atoms with Crippen LogP contribution in [0.3, 0.4) is 0 Å². The molecule has 2 aromatic carbocycles. The van der Waals surface area contributed by atoms with Gasteiger partial charge in [0.15, 0.2) is 0 Å². The molecule has 3 heterocycles. The van der Waals surface area contributed by atoms with Gasteiger partial charge in [0.2, 0.25) is 5.91 Å². The highest BCUT2D eigenvalue weighted by atomic mass is 79.9. The second kappa shape index (κ2) is 8.13. The number of benzene rings is 2. The van der Waals surface area contributed by atoms with Crippen molar-refractivity contribution in [1.82, 2.24) is 20.0 Å². The minimum atomic E-state index is -0.228. The Balaban J connectivity index is 1.21. The van der Waals surface area contributed by atoms with Crippen molar-refractivity contribution in [2.45, 2.75) is 44.3 Å². The fourth-order valence-electron chi connectivity index (χ4n) is 5.37. The SMILES string of the molecule is O=C(NC1CN(C(=O)[C@@H]2C[C@H]2c2ccc(Br)cc2)Cc2ccccc21)c1cnn2c1CCC2. The Morgan fingerprint density at radius 1 is 1.09 bits per heavy atom. The number of carbonyl (C=O) groups is 2. The summed E-state index contributed by atoms with van der Waals surface area (Å²) in [5, 5.41) is 7.57. The number of rotatable bonds is 4. The van der Waals surface area contributed by atoms with Crippen LogP contribution in [0.2, 0.25) is 0 Å². The average Bonchev–Trinajstić information content (AvgIpc) is 3.30. The predicted octanol–water partition coefficient (Wildman–Crippen LogP) is 4.21. The lowest BCUT2D eigenvalue weighted by atomic mass is 9.94. The third-order valence-electron chi connectivity index (χ3n) is 7.19. The van der Waals surface area contributed by atoms with Gasteiger partial charge in [-0.15, -0.1) is 0 Å². The summed E-state index contributed by atoms with van der Waals surface area (Å²) in [5.74, 6) is 0.382. The van der Waals surface area contributed by atoms with Crippen LogP contribution >= 0.6 is 15.9 Å². The molecule has 168 valence electrons. The summed E-state index contributed by atoms with van der Waals surface area (Å²) in [6, 6.07) is 16.2. The van der Waals surface area contributed by atoms with Gasteiger partial charge in [-0.05, 0) is 54.0 Å². The summed E-state index contributed by atoms with van der Waals surface area (Å²) < 4.78 is 2.97. The molecule has 1 unspecified atom stereocenters. The van der Waals surface area contributed by atoms with Gasteiger partial charge in [-0.25, -0.2) is 0 Å². The Morgan fingerprint density at radius 3 is 2.76 bits per heavy atom. The van der Waals surface area contributed by atoms with E-state index in [2.05, 4.69) is 50.6 Å². The zero-order chi connectivity index (χ0) is 22.5. The van der Waals surface area contributed by atoms with E-state index in [4.69, 9.17) is 0 Å². The van der Waals surface area contributed by atoms with Crippen molar-refractivity contribution in [2.24, 2.45) is 5.92 Å². The van der Waals surface area contributed by atoms with Crippen LogP contribution in [0.1, 0.15) is 57.5 Å². The van der Waals surface area contributed by atoms with Crippen LogP contribution < -0.4 is 5.32 Å². The second-order valence-corrected chi connectivity index (χ2v) is 10.2. The van der Waals surface area contributed by atoms with E-state index in [9.17, 15) is 9.59 Å². The number of nitrogens with one attached hydrogen (secondary N) is 1. The van der Waals surface area contributed by atoms with E-state index in [0.717, 1.165) is 47.1 Å². The quantitative estimate of drug-likeness (QED) is 0.578. The van der Waals surface area contributed by atoms with Crippen LogP contribution in [0.25, 0.3) is 0 Å². The molecule has 7 heteroatoms. The summed E-state index contributed by atoms with van der Waals surface area (Å²) in [4.78, 5) is 28.5. The topological polar surface area (TPSA) is 67.2 Å². The number of amides is 2. The van der Waals surface area contributed by atoms with E-state index >= 15 is 0 Å². The molecule has 0 spiro atoms. The zero-order valence-electron chi connectivity index (χ0n) is 18.2. The maximum absolute atomic E-state index is 13.4. The molecule has 1 saturated carbocycles. The van der Waals surface area contributed by atoms with Gasteiger partial charge in [-0.3, -0.25) is 14.3 Å². The second-order valence-electron chi connectivity index (χ2n) is 9.28. The maximum Gasteiger partial charge on any atom is 0.255 e. The van der Waals surface area contributed by atoms with Gasteiger partial charge >= 0.3 is 0 Å². The minimum Gasteiger partial charge on any atom is -0.343 e. The van der Waals surface area contributed by atoms with Gasteiger partial charge < -0.3 is 10.2 Å². The molecule has 2 aliphatic heterocycles. The molecule has 0 radical (unpaired) electrons. The van der Waals surface area contributed by atoms with Crippen molar-refractivity contribution in [1.29, 1.82) is 0 Å². The van der Waals surface area contributed by atoms with Gasteiger partial charge in [0.05, 0.1) is 23.5 Å². The molecular formula is C26H25BrN4O2. The number of aromatic nitrogens is 2. The predicted molar refractivity (Wildman–Crippen MR) is 128 cm³/mol. The molecule has 1 aliphatic carbocycles. The highest BCUT2D eigenvalue weighted by molar-refractivity contribution is 9.10. The summed E-state index contributed by atoms with van der Waals surface area (Å²) in [6.07, 6.45) is 4.47. The lowest BCUT2D eigenvalue weighted by Crippen LogP contribution is -2.45. The Hall–Kier alpha value is -2.93. The Kier molecular flexibility index (Phi) is 5.09. The lowest BCUT2D eigenvalue weighted by Gasteiger charge is -2.35. The number of hydrogen-bond acceptors (Lipinski definition) is 3. The van der Waals surface area contributed by atoms with E-state index in [0.29, 0.717) is 18.7 Å². The first-order valence-electron chi connectivity index (χ1n) is 11.6. The van der Waals surface area contributed by atoms with E-state index in [1.54, 1.807) is 6.20 Å². The molecule has 33 heavy (non-hydrogen) atoms. The van der Waals surface area contributed by atoms with Crippen molar-refractivity contribution in [3.05, 3.63) is 87.1 Å². The molecule has 2 amide bonds. The summed E-state index contributed by atoms with van der Waals surface area (Å²) in [7, 11) is 0. The number of fused-ring (bicyclic) bond motifs is 2. The van der Waals surface area contributed by atoms with Crippen LogP contribution in [0, 0.1) is 5.92 Å². The highest BCUT2D eigenvalue weighted by Gasteiger charge is 2.46. The molecule has 1 aromatic heterocycles. The van der Waals surface area contributed by atoms with Gasteiger partial charge in [-0.1, -0.05) is 52.3 Å². The van der Waals surface area contributed by atoms with E-state index < -0.39 is 0 Å². The molecule has 0 bridgehead atoms. The number of hydrogen-bond donors (Lipinski definition) is 1. The van der Waals surface area contributed by atoms with Crippen molar-refractivity contribution in [2.75, 3.05) is 6.54 Å². The van der Waals surface area contributed by atoms with Crippen molar-refractivity contribution >= 4 is 27.7 Å². The monoisotopic (exact) mass is 504 g/mol. The standard InChI is InChI=1S/C26H25BrN4O2/c27-18-9-7-16(8-10-18)20-12-21(20)26(33)30-14-17-4-1-2-5-19(17)23(15-30)29-25(32)22-13-28-31-11-3-6-24(22)31/h1-2,4-5,7-10,13,20-21,23H,3,6,11-12,14-15H2,(H,29,32)/t20-,21+,23?/m0/s1. The van der Waals surface area contributed by atoms with Crippen molar-refractivity contribution < 1.29 is 9.59 Å². The molecule has 3 atom stereocenters. The first-order valence-corrected chi connectivity index (χ1v) is 12.4. The van der Waals surface area contributed by atoms with Crippen LogP contribution in [0.15, 0.2) is 59.2 Å². The van der Waals surface area contributed by atoms with Crippen LogP contribution in [0.5, 0.6) is 0 Å². The minimum absolute atomic E-state index is 0.0201. The van der Waals surface area contributed by atoms with Gasteiger partial charge in [0.1, 0.15) is 0 Å². The Bertz CT molecular complexity index is 1240. The number of halogens is 1. The van der Waals surface area contributed by atoms with Crippen LogP contribution in [-0.4, -0.2) is 33.0 Å². The largest absolute Gasteiger partial charge is 0.343 e. The van der Waals surface area contributed by atoms with Crippen LogP contribution in [-0.2, 0) is 24.3 Å². The first-order chi connectivity index (χ1) is 16.1. The average molecular weight is 505 g/mol. The fourth-order valence-corrected chi connectivity index (χ4v) is 5.63. The van der Waals surface area contributed by atoms with E-state index in [1.165, 1.54) is 5.56 Å². The lowest BCUT2D eigenvalue weighted by molar-refractivity contribution is -0.134. The molecule has 6 nitrogen and oxygen atoms in total. The Morgan fingerprint density at radius 2 is 1.91 bits per heavy atom. The van der Waals surface area contributed by atoms with Gasteiger partial charge in [0, 0.05) is 30.0 Å². The number of aryl methyl sites for hydroxylation is 1. The molecule has 3 aliphatic rings. The zero-order valence-corrected chi connectivity index (χ0v) is 19.8. The Labute approximate surface area is 201 Å².